The summed E-state index contributed by atoms with van der Waals surface area (Å²) in [5.74, 6) is -26.3. The minimum absolute atomic E-state index is 0.612. The van der Waals surface area contributed by atoms with E-state index in [1.54, 1.807) is 0 Å². The van der Waals surface area contributed by atoms with Crippen molar-refractivity contribution in [2.45, 2.75) is 56.0 Å². The van der Waals surface area contributed by atoms with Gasteiger partial charge in [-0.3, -0.25) is 0 Å². The largest absolute Gasteiger partial charge is 0.460 e. The summed E-state index contributed by atoms with van der Waals surface area (Å²) in [6.07, 6.45) is -7.09. The number of rotatable bonds is 10. The number of halogens is 10. The van der Waals surface area contributed by atoms with E-state index in [0.29, 0.717) is 0 Å². The zero-order valence-corrected chi connectivity index (χ0v) is 16.1. The van der Waals surface area contributed by atoms with Gasteiger partial charge in [-0.1, -0.05) is 0 Å². The van der Waals surface area contributed by atoms with E-state index in [4.69, 9.17) is 0 Å². The third-order valence-corrected chi connectivity index (χ3v) is 4.54. The molecule has 0 saturated heterocycles. The second-order valence-corrected chi connectivity index (χ2v) is 6.38. The van der Waals surface area contributed by atoms with Crippen molar-refractivity contribution in [3.05, 3.63) is 0 Å². The maximum atomic E-state index is 15.0. The van der Waals surface area contributed by atoms with Crippen LogP contribution in [0, 0.1) is 0 Å². The first kappa shape index (κ1) is 25.4. The van der Waals surface area contributed by atoms with Gasteiger partial charge in [0.15, 0.2) is 0 Å². The highest BCUT2D eigenvalue weighted by Crippen LogP contribution is 2.59. The Morgan fingerprint density at radius 3 is 1.19 bits per heavy atom. The molecule has 0 fully saturated rings. The minimum Gasteiger partial charge on any atom is -0.349 e. The van der Waals surface area contributed by atoms with Gasteiger partial charge in [0.25, 0.3) is 0 Å². The van der Waals surface area contributed by atoms with Gasteiger partial charge in [-0.25, -0.2) is 0 Å². The lowest BCUT2D eigenvalue weighted by molar-refractivity contribution is -0.466. The fraction of sp³-hybridized carbons (Fsp3) is 1.00. The van der Waals surface area contributed by atoms with Crippen LogP contribution in [0.3, 0.4) is 0 Å². The maximum absolute atomic E-state index is 15.0. The average molecular weight is 428 g/mol. The Bertz CT molecular complexity index is 465. The van der Waals surface area contributed by atoms with Crippen molar-refractivity contribution in [1.82, 2.24) is 0 Å². The van der Waals surface area contributed by atoms with Gasteiger partial charge in [-0.2, -0.15) is 43.9 Å². The van der Waals surface area contributed by atoms with Crippen LogP contribution in [0.25, 0.3) is 0 Å². The van der Waals surface area contributed by atoms with Crippen LogP contribution in [-0.4, -0.2) is 65.3 Å². The summed E-state index contributed by atoms with van der Waals surface area (Å²) in [6.45, 7) is 0.755. The molecule has 0 radical (unpaired) electrons. The topological polar surface area (TPSA) is 27.7 Å². The zero-order valence-electron chi connectivity index (χ0n) is 14.1. The highest BCUT2D eigenvalue weighted by atomic mass is 28.1. The zero-order chi connectivity index (χ0) is 21.2. The summed E-state index contributed by atoms with van der Waals surface area (Å²) in [4.78, 5) is 0. The minimum atomic E-state index is -7.27. The molecule has 14 heteroatoms. The SMILES string of the molecule is CCOC([SiH3])(OCC)C(F)(OCC)C(F)(F)C(F)(F)C(F)(F)C(F)(F)F. The quantitative estimate of drug-likeness (QED) is 0.304. The van der Waals surface area contributed by atoms with Crippen LogP contribution >= 0.6 is 0 Å². The molecule has 0 aliphatic rings. The Labute approximate surface area is 145 Å². The maximum Gasteiger partial charge on any atom is 0.460 e. The third kappa shape index (κ3) is 3.69. The molecule has 0 aromatic heterocycles. The summed E-state index contributed by atoms with van der Waals surface area (Å²) in [5.41, 5.74) is -3.29. The van der Waals surface area contributed by atoms with Gasteiger partial charge in [0.1, 0.15) is 0 Å². The second kappa shape index (κ2) is 7.79. The van der Waals surface area contributed by atoms with Crippen molar-refractivity contribution < 1.29 is 58.1 Å². The van der Waals surface area contributed by atoms with Crippen LogP contribution < -0.4 is 0 Å². The molecule has 0 rings (SSSR count). The molecule has 0 aliphatic heterocycles. The summed E-state index contributed by atoms with van der Waals surface area (Å²) in [5, 5.41) is 0. The first-order chi connectivity index (χ1) is 11.4. The first-order valence-electron chi connectivity index (χ1n) is 7.24. The monoisotopic (exact) mass is 428 g/mol. The van der Waals surface area contributed by atoms with E-state index in [9.17, 15) is 39.5 Å². The van der Waals surface area contributed by atoms with E-state index in [1.807, 2.05) is 0 Å². The molecule has 1 atom stereocenters. The van der Waals surface area contributed by atoms with Crippen LogP contribution in [0.2, 0.25) is 0 Å². The van der Waals surface area contributed by atoms with Crippen molar-refractivity contribution in [3.63, 3.8) is 0 Å². The fourth-order valence-electron chi connectivity index (χ4n) is 2.06. The predicted octanol–water partition coefficient (Wildman–Crippen LogP) is 3.25. The molecule has 0 N–H and O–H groups in total. The van der Waals surface area contributed by atoms with Crippen LogP contribution in [0.15, 0.2) is 0 Å². The number of alkyl halides is 10. The lowest BCUT2D eigenvalue weighted by Crippen LogP contribution is -2.75. The third-order valence-electron chi connectivity index (χ3n) is 3.32. The van der Waals surface area contributed by atoms with Crippen molar-refractivity contribution in [3.8, 4) is 0 Å². The Morgan fingerprint density at radius 1 is 0.577 bits per heavy atom. The van der Waals surface area contributed by atoms with E-state index >= 15 is 4.39 Å². The second-order valence-electron chi connectivity index (χ2n) is 5.06. The number of hydrogen-bond acceptors (Lipinski definition) is 3. The van der Waals surface area contributed by atoms with E-state index in [2.05, 4.69) is 14.2 Å². The molecule has 0 aromatic rings. The lowest BCUT2D eigenvalue weighted by atomic mass is 9.96. The summed E-state index contributed by atoms with van der Waals surface area (Å²) in [7, 11) is -0.984. The van der Waals surface area contributed by atoms with Gasteiger partial charge in [0.2, 0.25) is 5.41 Å². The Morgan fingerprint density at radius 2 is 0.923 bits per heavy atom. The molecule has 1 unspecified atom stereocenters. The predicted molar refractivity (Wildman–Crippen MR) is 72.3 cm³/mol. The van der Waals surface area contributed by atoms with Gasteiger partial charge >= 0.3 is 29.8 Å². The lowest BCUT2D eigenvalue weighted by Gasteiger charge is -2.47. The Kier molecular flexibility index (Phi) is 7.61. The molecule has 0 aliphatic carbocycles. The van der Waals surface area contributed by atoms with E-state index < -0.39 is 65.3 Å². The van der Waals surface area contributed by atoms with Gasteiger partial charge < -0.3 is 14.2 Å². The molecule has 26 heavy (non-hydrogen) atoms. The van der Waals surface area contributed by atoms with Crippen LogP contribution in [0.1, 0.15) is 20.8 Å². The fourth-order valence-corrected chi connectivity index (χ4v) is 3.10. The Balaban J connectivity index is 6.59. The van der Waals surface area contributed by atoms with Crippen molar-refractivity contribution in [2.75, 3.05) is 19.8 Å². The molecular weight excluding hydrogens is 410 g/mol. The van der Waals surface area contributed by atoms with E-state index in [0.717, 1.165) is 20.8 Å². The van der Waals surface area contributed by atoms with E-state index in [1.165, 1.54) is 0 Å². The van der Waals surface area contributed by atoms with Gasteiger partial charge in [0.05, 0.1) is 10.2 Å². The van der Waals surface area contributed by atoms with Crippen molar-refractivity contribution in [2.24, 2.45) is 0 Å². The smallest absolute Gasteiger partial charge is 0.349 e. The highest BCUT2D eigenvalue weighted by Gasteiger charge is 2.89. The first-order valence-corrected chi connectivity index (χ1v) is 8.24. The standard InChI is InChI=1S/C12H18F10O3Si/c1-4-23-10(19,12(26,24-5-2)25-6-3)8(15,16)7(13,14)9(17,18)11(20,21)22/h4-6H2,1-3,26H3. The van der Waals surface area contributed by atoms with Crippen molar-refractivity contribution >= 4 is 10.2 Å². The summed E-state index contributed by atoms with van der Waals surface area (Å²) >= 11 is 0. The van der Waals surface area contributed by atoms with Crippen LogP contribution in [0.5, 0.6) is 0 Å². The molecule has 0 saturated carbocycles. The van der Waals surface area contributed by atoms with Crippen LogP contribution in [-0.2, 0) is 14.2 Å². The van der Waals surface area contributed by atoms with Gasteiger partial charge in [-0.05, 0) is 20.8 Å². The molecule has 0 amide bonds. The normalized spacial score (nSPS) is 17.4. The number of hydrogen-bond donors (Lipinski definition) is 0. The van der Waals surface area contributed by atoms with Gasteiger partial charge in [0, 0.05) is 19.8 Å². The highest BCUT2D eigenvalue weighted by molar-refractivity contribution is 6.14. The van der Waals surface area contributed by atoms with Crippen molar-refractivity contribution in [1.29, 1.82) is 0 Å². The molecule has 3 nitrogen and oxygen atoms in total. The molecule has 0 aromatic carbocycles. The van der Waals surface area contributed by atoms with E-state index in [-0.39, 0.29) is 0 Å². The molecule has 0 heterocycles. The average Bonchev–Trinajstić information content (AvgIpc) is 2.45. The van der Waals surface area contributed by atoms with Gasteiger partial charge in [-0.15, -0.1) is 0 Å². The molecule has 158 valence electrons. The summed E-state index contributed by atoms with van der Waals surface area (Å²) < 4.78 is 147. The van der Waals surface area contributed by atoms with Crippen LogP contribution in [0.4, 0.5) is 43.9 Å². The molecule has 0 bridgehead atoms. The summed E-state index contributed by atoms with van der Waals surface area (Å²) in [6, 6.07) is 0. The molecular formula is C12H18F10O3Si. The molecule has 0 spiro atoms. The Hall–Kier alpha value is -0.603. The number of ether oxygens (including phenoxy) is 3.